The Kier molecular flexibility index (Phi) is 2.82. The molecule has 1 N–H and O–H groups in total. The van der Waals surface area contributed by atoms with Gasteiger partial charge >= 0.3 is 11.9 Å². The summed E-state index contributed by atoms with van der Waals surface area (Å²) in [7, 11) is 0. The number of aromatic amines is 1. The number of fused-ring (bicyclic) bond motifs is 3. The van der Waals surface area contributed by atoms with Crippen LogP contribution in [0.3, 0.4) is 0 Å². The van der Waals surface area contributed by atoms with Crippen molar-refractivity contribution in [2.75, 3.05) is 4.90 Å². The highest BCUT2D eigenvalue weighted by Crippen LogP contribution is 2.23. The Hall–Kier alpha value is -2.56. The topological polar surface area (TPSA) is 55.4 Å². The van der Waals surface area contributed by atoms with Crippen LogP contribution >= 0.6 is 0 Å². The highest BCUT2D eigenvalue weighted by atomic mass is 16.2. The Labute approximate surface area is 128 Å². The molecule has 0 saturated carbocycles. The van der Waals surface area contributed by atoms with E-state index in [4.69, 9.17) is 0 Å². The van der Waals surface area contributed by atoms with Gasteiger partial charge in [0.1, 0.15) is 5.69 Å². The first-order valence-corrected chi connectivity index (χ1v) is 7.61. The summed E-state index contributed by atoms with van der Waals surface area (Å²) in [5.74, 6) is -0.265. The van der Waals surface area contributed by atoms with Crippen molar-refractivity contribution in [3.05, 3.63) is 53.1 Å². The SMILES string of the molecule is Cc1ccc(N2C(=O)c3c[nH+]c4c([n+]3C2=O)CCCC4)cc1. The fraction of sp³-hybridized carbons (Fsp3) is 0.294. The number of nitrogens with one attached hydrogen (secondary N) is 1. The normalized spacial score (nSPS) is 16.7. The van der Waals surface area contributed by atoms with Gasteiger partial charge in [0.05, 0.1) is 0 Å². The third-order valence-electron chi connectivity index (χ3n) is 4.43. The van der Waals surface area contributed by atoms with Crippen LogP contribution in [0.2, 0.25) is 0 Å². The maximum absolute atomic E-state index is 12.8. The Morgan fingerprint density at radius 2 is 1.82 bits per heavy atom. The zero-order valence-electron chi connectivity index (χ0n) is 12.4. The Balaban J connectivity index is 1.84. The molecule has 0 saturated heterocycles. The summed E-state index contributed by atoms with van der Waals surface area (Å²) in [6, 6.07) is 7.17. The van der Waals surface area contributed by atoms with Gasteiger partial charge in [-0.05, 0) is 31.9 Å². The lowest BCUT2D eigenvalue weighted by atomic mass is 10.00. The summed E-state index contributed by atoms with van der Waals surface area (Å²) in [6.07, 6.45) is 5.60. The molecule has 2 aliphatic rings. The molecule has 1 aromatic heterocycles. The summed E-state index contributed by atoms with van der Waals surface area (Å²) < 4.78 is 1.59. The largest absolute Gasteiger partial charge is 0.512 e. The van der Waals surface area contributed by atoms with E-state index >= 15 is 0 Å². The zero-order valence-corrected chi connectivity index (χ0v) is 12.4. The molecule has 2 heterocycles. The summed E-state index contributed by atoms with van der Waals surface area (Å²) in [5.41, 5.74) is 4.16. The quantitative estimate of drug-likeness (QED) is 0.750. The number of rotatable bonds is 1. The number of aromatic nitrogens is 2. The second kappa shape index (κ2) is 4.73. The standard InChI is InChI=1S/C17H16N3O2/c1-11-6-8-12(9-7-11)19-16(21)15-10-18-13-4-2-3-5-14(13)20(15)17(19)22/h6-10H,2-5H2,1H3/q+1/p+1. The van der Waals surface area contributed by atoms with E-state index in [-0.39, 0.29) is 11.9 Å². The van der Waals surface area contributed by atoms with Gasteiger partial charge in [0, 0.05) is 12.8 Å². The average molecular weight is 295 g/mol. The van der Waals surface area contributed by atoms with Gasteiger partial charge in [0.15, 0.2) is 5.69 Å². The molecule has 0 atom stereocenters. The van der Waals surface area contributed by atoms with Gasteiger partial charge in [0.2, 0.25) is 11.9 Å². The molecule has 5 heteroatoms. The molecule has 0 radical (unpaired) electrons. The molecular weight excluding hydrogens is 278 g/mol. The Bertz CT molecular complexity index is 796. The van der Waals surface area contributed by atoms with E-state index < -0.39 is 0 Å². The second-order valence-corrected chi connectivity index (χ2v) is 5.90. The van der Waals surface area contributed by atoms with E-state index in [2.05, 4.69) is 4.98 Å². The molecule has 1 aliphatic heterocycles. The average Bonchev–Trinajstić information content (AvgIpc) is 2.80. The first-order chi connectivity index (χ1) is 10.7. The van der Waals surface area contributed by atoms with Gasteiger partial charge < -0.3 is 0 Å². The van der Waals surface area contributed by atoms with Gasteiger partial charge in [-0.1, -0.05) is 17.7 Å². The summed E-state index contributed by atoms with van der Waals surface area (Å²) >= 11 is 0. The number of benzene rings is 1. The first-order valence-electron chi connectivity index (χ1n) is 7.61. The minimum Gasteiger partial charge on any atom is -0.236 e. The van der Waals surface area contributed by atoms with Crippen LogP contribution in [-0.4, -0.2) is 11.9 Å². The molecule has 4 rings (SSSR count). The van der Waals surface area contributed by atoms with Crippen LogP contribution in [0.5, 0.6) is 0 Å². The number of carbonyl (C=O) groups is 2. The summed E-state index contributed by atoms with van der Waals surface area (Å²) in [5, 5.41) is 0. The van der Waals surface area contributed by atoms with Gasteiger partial charge in [0.25, 0.3) is 5.69 Å². The van der Waals surface area contributed by atoms with Gasteiger partial charge in [-0.15, -0.1) is 9.47 Å². The van der Waals surface area contributed by atoms with E-state index in [1.807, 2.05) is 31.2 Å². The number of amides is 2. The van der Waals surface area contributed by atoms with E-state index in [0.717, 1.165) is 42.6 Å². The first kappa shape index (κ1) is 13.1. The number of imide groups is 1. The molecule has 1 aromatic carbocycles. The number of carbonyl (C=O) groups excluding carboxylic acids is 2. The van der Waals surface area contributed by atoms with Crippen LogP contribution in [0.25, 0.3) is 0 Å². The molecule has 0 spiro atoms. The lowest BCUT2D eigenvalue weighted by Crippen LogP contribution is -2.52. The molecule has 1 aliphatic carbocycles. The summed E-state index contributed by atoms with van der Waals surface area (Å²) in [6.45, 7) is 1.98. The number of H-pyrrole nitrogens is 1. The van der Waals surface area contributed by atoms with E-state index in [1.165, 1.54) is 4.90 Å². The van der Waals surface area contributed by atoms with Crippen molar-refractivity contribution in [3.63, 3.8) is 0 Å². The fourth-order valence-corrected chi connectivity index (χ4v) is 3.26. The number of hydrogen-bond acceptors (Lipinski definition) is 2. The zero-order chi connectivity index (χ0) is 15.3. The second-order valence-electron chi connectivity index (χ2n) is 5.90. The molecule has 2 aromatic rings. The Morgan fingerprint density at radius 1 is 1.09 bits per heavy atom. The molecule has 2 amide bonds. The maximum Gasteiger partial charge on any atom is 0.512 e. The third kappa shape index (κ3) is 1.78. The molecule has 0 bridgehead atoms. The predicted octanol–water partition coefficient (Wildman–Crippen LogP) is 1.60. The van der Waals surface area contributed by atoms with Crippen LogP contribution in [0.1, 0.15) is 40.3 Å². The lowest BCUT2D eigenvalue weighted by molar-refractivity contribution is -0.596. The highest BCUT2D eigenvalue weighted by Gasteiger charge is 2.51. The predicted molar refractivity (Wildman–Crippen MR) is 78.6 cm³/mol. The molecule has 5 nitrogen and oxygen atoms in total. The fourth-order valence-electron chi connectivity index (χ4n) is 3.26. The minimum absolute atomic E-state index is 0.265. The smallest absolute Gasteiger partial charge is 0.236 e. The van der Waals surface area contributed by atoms with Crippen molar-refractivity contribution >= 4 is 17.6 Å². The van der Waals surface area contributed by atoms with Crippen LogP contribution < -0.4 is 14.5 Å². The van der Waals surface area contributed by atoms with Crippen molar-refractivity contribution in [3.8, 4) is 0 Å². The van der Waals surface area contributed by atoms with E-state index in [0.29, 0.717) is 11.4 Å². The lowest BCUT2D eigenvalue weighted by Gasteiger charge is -2.09. The minimum atomic E-state index is -0.268. The maximum atomic E-state index is 12.8. The van der Waals surface area contributed by atoms with Gasteiger partial charge in [-0.3, -0.25) is 0 Å². The number of anilines is 1. The van der Waals surface area contributed by atoms with Gasteiger partial charge in [-0.25, -0.2) is 9.78 Å². The van der Waals surface area contributed by atoms with E-state index in [1.54, 1.807) is 10.8 Å². The number of nitrogens with zero attached hydrogens (tertiary/aromatic N) is 2. The molecule has 0 fully saturated rings. The van der Waals surface area contributed by atoms with Crippen LogP contribution in [0.15, 0.2) is 30.5 Å². The highest BCUT2D eigenvalue weighted by molar-refractivity contribution is 6.20. The van der Waals surface area contributed by atoms with Crippen molar-refractivity contribution in [2.24, 2.45) is 0 Å². The number of aryl methyl sites for hydroxylation is 2. The molecule has 22 heavy (non-hydrogen) atoms. The number of hydrogen-bond donors (Lipinski definition) is 0. The van der Waals surface area contributed by atoms with Gasteiger partial charge in [-0.2, -0.15) is 4.79 Å². The monoisotopic (exact) mass is 295 g/mol. The molecular formula is C17H17N3O2+2. The van der Waals surface area contributed by atoms with E-state index in [9.17, 15) is 9.59 Å². The van der Waals surface area contributed by atoms with Crippen molar-refractivity contribution in [1.29, 1.82) is 0 Å². The van der Waals surface area contributed by atoms with Crippen molar-refractivity contribution in [1.82, 2.24) is 0 Å². The van der Waals surface area contributed by atoms with Crippen LogP contribution in [0, 0.1) is 6.92 Å². The third-order valence-corrected chi connectivity index (χ3v) is 4.43. The van der Waals surface area contributed by atoms with Crippen LogP contribution in [0.4, 0.5) is 10.5 Å². The molecule has 0 unspecified atom stereocenters. The van der Waals surface area contributed by atoms with Crippen molar-refractivity contribution in [2.45, 2.75) is 32.6 Å². The van der Waals surface area contributed by atoms with Crippen molar-refractivity contribution < 1.29 is 19.1 Å². The van der Waals surface area contributed by atoms with Crippen LogP contribution in [-0.2, 0) is 12.8 Å². The Morgan fingerprint density at radius 3 is 2.59 bits per heavy atom. The molecule has 110 valence electrons. The summed E-state index contributed by atoms with van der Waals surface area (Å²) in [4.78, 5) is 29.9.